The number of alkyl halides is 3. The number of thiazole rings is 1. The first-order valence-electron chi connectivity index (χ1n) is 4.06. The number of aromatic nitrogens is 1. The molecular weight excluding hydrogens is 227 g/mol. The van der Waals surface area contributed by atoms with E-state index in [4.69, 9.17) is 5.26 Å². The van der Waals surface area contributed by atoms with E-state index >= 15 is 0 Å². The summed E-state index contributed by atoms with van der Waals surface area (Å²) < 4.78 is 36.6. The number of nitrogens with zero attached hydrogens (tertiary/aromatic N) is 3. The molecule has 15 heavy (non-hydrogen) atoms. The lowest BCUT2D eigenvalue weighted by Crippen LogP contribution is -2.17. The van der Waals surface area contributed by atoms with Gasteiger partial charge in [0.05, 0.1) is 18.7 Å². The predicted octanol–water partition coefficient (Wildman–Crippen LogP) is 2.51. The molecule has 0 aliphatic carbocycles. The van der Waals surface area contributed by atoms with E-state index in [0.717, 1.165) is 6.20 Å². The molecule has 0 radical (unpaired) electrons. The molecule has 1 aromatic heterocycles. The van der Waals surface area contributed by atoms with Crippen LogP contribution in [0.25, 0.3) is 0 Å². The van der Waals surface area contributed by atoms with Gasteiger partial charge in [0.15, 0.2) is 5.13 Å². The van der Waals surface area contributed by atoms with Crippen LogP contribution in [0.1, 0.15) is 11.3 Å². The van der Waals surface area contributed by atoms with Gasteiger partial charge in [-0.25, -0.2) is 4.98 Å². The van der Waals surface area contributed by atoms with Crippen LogP contribution >= 0.6 is 11.3 Å². The standard InChI is InChI=1S/C8H8F3N3S/c1-14(4-2-3-12)7-13-5-6(15-7)8(9,10)11/h5H,2,4H2,1H3. The minimum Gasteiger partial charge on any atom is -0.350 e. The second kappa shape index (κ2) is 4.49. The third-order valence-corrected chi connectivity index (χ3v) is 2.81. The lowest BCUT2D eigenvalue weighted by atomic mass is 10.4. The maximum Gasteiger partial charge on any atom is 0.427 e. The Balaban J connectivity index is 2.72. The molecule has 0 saturated carbocycles. The molecule has 0 N–H and O–H groups in total. The zero-order valence-electron chi connectivity index (χ0n) is 7.88. The first-order valence-corrected chi connectivity index (χ1v) is 4.88. The topological polar surface area (TPSA) is 39.9 Å². The molecule has 7 heteroatoms. The molecule has 0 aliphatic heterocycles. The number of nitriles is 1. The van der Waals surface area contributed by atoms with Crippen LogP contribution in [0.3, 0.4) is 0 Å². The van der Waals surface area contributed by atoms with Crippen LogP contribution in [-0.4, -0.2) is 18.6 Å². The minimum absolute atomic E-state index is 0.261. The van der Waals surface area contributed by atoms with E-state index in [9.17, 15) is 13.2 Å². The smallest absolute Gasteiger partial charge is 0.350 e. The van der Waals surface area contributed by atoms with Crippen LogP contribution in [-0.2, 0) is 6.18 Å². The molecular formula is C8H8F3N3S. The Hall–Kier alpha value is -1.29. The van der Waals surface area contributed by atoms with Gasteiger partial charge >= 0.3 is 6.18 Å². The van der Waals surface area contributed by atoms with Crippen molar-refractivity contribution in [3.05, 3.63) is 11.1 Å². The van der Waals surface area contributed by atoms with Crippen molar-refractivity contribution in [2.75, 3.05) is 18.5 Å². The van der Waals surface area contributed by atoms with Gasteiger partial charge in [0, 0.05) is 13.6 Å². The minimum atomic E-state index is -4.34. The van der Waals surface area contributed by atoms with Crippen molar-refractivity contribution in [1.82, 2.24) is 4.98 Å². The highest BCUT2D eigenvalue weighted by Gasteiger charge is 2.33. The molecule has 0 spiro atoms. The van der Waals surface area contributed by atoms with Crippen molar-refractivity contribution in [1.29, 1.82) is 5.26 Å². The fourth-order valence-electron chi connectivity index (χ4n) is 0.886. The van der Waals surface area contributed by atoms with Gasteiger partial charge in [-0.2, -0.15) is 18.4 Å². The molecule has 0 aliphatic rings. The van der Waals surface area contributed by atoms with Gasteiger partial charge in [0.25, 0.3) is 0 Å². The SMILES string of the molecule is CN(CCC#N)c1ncc(C(F)(F)F)s1. The summed E-state index contributed by atoms with van der Waals surface area (Å²) in [6.45, 7) is 0.376. The van der Waals surface area contributed by atoms with E-state index < -0.39 is 11.1 Å². The van der Waals surface area contributed by atoms with E-state index in [1.807, 2.05) is 6.07 Å². The highest BCUT2D eigenvalue weighted by molar-refractivity contribution is 7.15. The second-order valence-electron chi connectivity index (χ2n) is 2.83. The predicted molar refractivity (Wildman–Crippen MR) is 50.6 cm³/mol. The van der Waals surface area contributed by atoms with Crippen molar-refractivity contribution in [2.45, 2.75) is 12.6 Å². The van der Waals surface area contributed by atoms with E-state index in [0.29, 0.717) is 17.9 Å². The zero-order valence-corrected chi connectivity index (χ0v) is 8.69. The fourth-order valence-corrected chi connectivity index (χ4v) is 1.66. The van der Waals surface area contributed by atoms with Crippen molar-refractivity contribution in [3.63, 3.8) is 0 Å². The molecule has 0 aromatic carbocycles. The summed E-state index contributed by atoms with van der Waals surface area (Å²) in [5.74, 6) is 0. The Morgan fingerprint density at radius 3 is 2.73 bits per heavy atom. The van der Waals surface area contributed by atoms with Gasteiger partial charge in [-0.05, 0) is 0 Å². The van der Waals surface area contributed by atoms with Crippen LogP contribution in [0, 0.1) is 11.3 Å². The Morgan fingerprint density at radius 1 is 1.60 bits per heavy atom. The molecule has 0 unspecified atom stereocenters. The first-order chi connectivity index (χ1) is 6.95. The van der Waals surface area contributed by atoms with Gasteiger partial charge in [0.2, 0.25) is 0 Å². The molecule has 0 fully saturated rings. The number of hydrogen-bond donors (Lipinski definition) is 0. The maximum atomic E-state index is 12.2. The first kappa shape index (κ1) is 11.8. The van der Waals surface area contributed by atoms with Crippen LogP contribution in [0.2, 0.25) is 0 Å². The van der Waals surface area contributed by atoms with Crippen LogP contribution < -0.4 is 4.90 Å². The van der Waals surface area contributed by atoms with E-state index in [-0.39, 0.29) is 11.6 Å². The number of halogens is 3. The van der Waals surface area contributed by atoms with Crippen LogP contribution in [0.4, 0.5) is 18.3 Å². The molecule has 0 atom stereocenters. The van der Waals surface area contributed by atoms with Crippen LogP contribution in [0.5, 0.6) is 0 Å². The molecule has 3 nitrogen and oxygen atoms in total. The average molecular weight is 235 g/mol. The molecule has 1 heterocycles. The Kier molecular flexibility index (Phi) is 3.52. The quantitative estimate of drug-likeness (QED) is 0.808. The summed E-state index contributed by atoms with van der Waals surface area (Å²) in [5, 5.41) is 8.60. The van der Waals surface area contributed by atoms with E-state index in [1.54, 1.807) is 7.05 Å². The number of anilines is 1. The summed E-state index contributed by atoms with van der Waals surface area (Å²) in [4.78, 5) is 4.46. The normalized spacial score (nSPS) is 11.1. The zero-order chi connectivity index (χ0) is 11.5. The monoisotopic (exact) mass is 235 g/mol. The summed E-state index contributed by atoms with van der Waals surface area (Å²) >= 11 is 0.579. The molecule has 0 saturated heterocycles. The average Bonchev–Trinajstić information content (AvgIpc) is 2.62. The summed E-state index contributed by atoms with van der Waals surface area (Å²) in [6.07, 6.45) is -3.27. The summed E-state index contributed by atoms with van der Waals surface area (Å²) in [7, 11) is 1.61. The Bertz CT molecular complexity index is 366. The molecule has 1 rings (SSSR count). The summed E-state index contributed by atoms with van der Waals surface area (Å²) in [6, 6.07) is 1.92. The van der Waals surface area contributed by atoms with E-state index in [1.165, 1.54) is 4.90 Å². The van der Waals surface area contributed by atoms with Gasteiger partial charge in [-0.3, -0.25) is 0 Å². The van der Waals surface area contributed by atoms with Crippen molar-refractivity contribution >= 4 is 16.5 Å². The van der Waals surface area contributed by atoms with Gasteiger partial charge < -0.3 is 4.90 Å². The lowest BCUT2D eigenvalue weighted by Gasteiger charge is -2.12. The van der Waals surface area contributed by atoms with Crippen molar-refractivity contribution in [2.24, 2.45) is 0 Å². The van der Waals surface area contributed by atoms with Crippen molar-refractivity contribution in [3.8, 4) is 6.07 Å². The molecule has 0 amide bonds. The second-order valence-corrected chi connectivity index (χ2v) is 3.84. The highest BCUT2D eigenvalue weighted by atomic mass is 32.1. The molecule has 0 bridgehead atoms. The number of rotatable bonds is 3. The van der Waals surface area contributed by atoms with Gasteiger partial charge in [-0.1, -0.05) is 11.3 Å². The third-order valence-electron chi connectivity index (χ3n) is 1.66. The van der Waals surface area contributed by atoms with Gasteiger partial charge in [0.1, 0.15) is 4.88 Å². The summed E-state index contributed by atoms with van der Waals surface area (Å²) in [5.41, 5.74) is 0. The van der Waals surface area contributed by atoms with Crippen molar-refractivity contribution < 1.29 is 13.2 Å². The van der Waals surface area contributed by atoms with E-state index in [2.05, 4.69) is 4.98 Å². The maximum absolute atomic E-state index is 12.2. The highest BCUT2D eigenvalue weighted by Crippen LogP contribution is 2.35. The largest absolute Gasteiger partial charge is 0.427 e. The van der Waals surface area contributed by atoms with Gasteiger partial charge in [-0.15, -0.1) is 0 Å². The fraction of sp³-hybridized carbons (Fsp3) is 0.500. The Labute approximate surface area is 88.8 Å². The Morgan fingerprint density at radius 2 is 2.27 bits per heavy atom. The number of hydrogen-bond acceptors (Lipinski definition) is 4. The lowest BCUT2D eigenvalue weighted by molar-refractivity contribution is -0.134. The third kappa shape index (κ3) is 3.09. The molecule has 1 aromatic rings. The molecule has 82 valence electrons. The van der Waals surface area contributed by atoms with Crippen LogP contribution in [0.15, 0.2) is 6.20 Å².